The van der Waals surface area contributed by atoms with Gasteiger partial charge in [-0.25, -0.2) is 4.98 Å². The highest BCUT2D eigenvalue weighted by Gasteiger charge is 2.35. The van der Waals surface area contributed by atoms with Crippen LogP contribution in [0.4, 0.5) is 0 Å². The Labute approximate surface area is 171 Å². The second kappa shape index (κ2) is 8.28. The van der Waals surface area contributed by atoms with Crippen LogP contribution in [0.2, 0.25) is 0 Å². The normalized spacial score (nSPS) is 23.5. The molecule has 29 heavy (non-hydrogen) atoms. The average molecular weight is 401 g/mol. The maximum atomic E-state index is 12.4. The van der Waals surface area contributed by atoms with Gasteiger partial charge in [0, 0.05) is 55.9 Å². The molecule has 2 saturated heterocycles. The van der Waals surface area contributed by atoms with E-state index < -0.39 is 0 Å². The summed E-state index contributed by atoms with van der Waals surface area (Å²) in [5, 5.41) is 0. The largest absolute Gasteiger partial charge is 0.342 e. The lowest BCUT2D eigenvalue weighted by molar-refractivity contribution is -0.135. The van der Waals surface area contributed by atoms with Crippen molar-refractivity contribution in [1.29, 1.82) is 0 Å². The third-order valence-electron chi connectivity index (χ3n) is 6.54. The molecule has 0 radical (unpaired) electrons. The lowest BCUT2D eigenvalue weighted by atomic mass is 9.92. The predicted molar refractivity (Wildman–Crippen MR) is 110 cm³/mol. The molecule has 0 spiro atoms. The van der Waals surface area contributed by atoms with Gasteiger partial charge in [-0.2, -0.15) is 0 Å². The monoisotopic (exact) mass is 400 g/mol. The molecule has 1 aliphatic carbocycles. The zero-order chi connectivity index (χ0) is 20.5. The fourth-order valence-corrected chi connectivity index (χ4v) is 4.64. The Morgan fingerprint density at radius 3 is 2.41 bits per heavy atom. The Morgan fingerprint density at radius 1 is 1.03 bits per heavy atom. The number of likely N-dealkylation sites (tertiary alicyclic amines) is 2. The summed E-state index contributed by atoms with van der Waals surface area (Å²) >= 11 is 0. The first kappa shape index (κ1) is 20.1. The number of nitrogens with one attached hydrogen (secondary N) is 1. The van der Waals surface area contributed by atoms with E-state index in [0.717, 1.165) is 69.7 Å². The van der Waals surface area contributed by atoms with Crippen molar-refractivity contribution in [2.24, 2.45) is 11.8 Å². The minimum Gasteiger partial charge on any atom is -0.342 e. The zero-order valence-corrected chi connectivity index (χ0v) is 17.5. The van der Waals surface area contributed by atoms with Crippen molar-refractivity contribution >= 4 is 11.8 Å². The van der Waals surface area contributed by atoms with Crippen LogP contribution in [-0.2, 0) is 9.59 Å². The molecule has 7 heteroatoms. The predicted octanol–water partition coefficient (Wildman–Crippen LogP) is 2.25. The van der Waals surface area contributed by atoms with Crippen LogP contribution in [-0.4, -0.2) is 57.8 Å². The van der Waals surface area contributed by atoms with Crippen molar-refractivity contribution in [2.45, 2.75) is 64.2 Å². The molecule has 1 aromatic heterocycles. The Balaban J connectivity index is 1.44. The lowest BCUT2D eigenvalue weighted by Gasteiger charge is -2.34. The molecule has 0 aromatic carbocycles. The van der Waals surface area contributed by atoms with E-state index in [-0.39, 0.29) is 35.1 Å². The Kier molecular flexibility index (Phi) is 5.74. The van der Waals surface area contributed by atoms with Gasteiger partial charge in [0.05, 0.1) is 5.69 Å². The van der Waals surface area contributed by atoms with Crippen molar-refractivity contribution < 1.29 is 9.59 Å². The molecule has 2 amide bonds. The van der Waals surface area contributed by atoms with Gasteiger partial charge < -0.3 is 14.8 Å². The fraction of sp³-hybridized carbons (Fsp3) is 0.727. The number of piperidine rings is 2. The highest BCUT2D eigenvalue weighted by Crippen LogP contribution is 2.34. The smallest absolute Gasteiger partial charge is 0.251 e. The molecule has 1 atom stereocenters. The van der Waals surface area contributed by atoms with Gasteiger partial charge in [-0.05, 0) is 38.5 Å². The summed E-state index contributed by atoms with van der Waals surface area (Å²) in [6.45, 7) is 6.77. The summed E-state index contributed by atoms with van der Waals surface area (Å²) in [6, 6.07) is 1.60. The third kappa shape index (κ3) is 4.54. The Bertz CT molecular complexity index is 822. The second-order valence-corrected chi connectivity index (χ2v) is 9.21. The molecule has 3 aliphatic rings. The van der Waals surface area contributed by atoms with Gasteiger partial charge in [0.1, 0.15) is 5.82 Å². The summed E-state index contributed by atoms with van der Waals surface area (Å²) in [5.41, 5.74) is 0.690. The van der Waals surface area contributed by atoms with E-state index in [1.165, 1.54) is 0 Å². The quantitative estimate of drug-likeness (QED) is 0.840. The van der Waals surface area contributed by atoms with Crippen molar-refractivity contribution in [3.8, 4) is 0 Å². The van der Waals surface area contributed by atoms with E-state index in [1.54, 1.807) is 6.07 Å². The van der Waals surface area contributed by atoms with Gasteiger partial charge in [0.2, 0.25) is 11.8 Å². The number of hydrogen-bond donors (Lipinski definition) is 1. The summed E-state index contributed by atoms with van der Waals surface area (Å²) in [7, 11) is 0. The van der Waals surface area contributed by atoms with Gasteiger partial charge >= 0.3 is 0 Å². The highest BCUT2D eigenvalue weighted by molar-refractivity contribution is 5.81. The van der Waals surface area contributed by atoms with Gasteiger partial charge in [-0.3, -0.25) is 14.4 Å². The number of aromatic nitrogens is 2. The number of hydrogen-bond acceptors (Lipinski definition) is 4. The molecule has 1 saturated carbocycles. The van der Waals surface area contributed by atoms with E-state index in [1.807, 2.05) is 23.6 Å². The molecular weight excluding hydrogens is 368 g/mol. The van der Waals surface area contributed by atoms with Crippen LogP contribution < -0.4 is 5.56 Å². The lowest BCUT2D eigenvalue weighted by Crippen LogP contribution is -2.41. The second-order valence-electron chi connectivity index (χ2n) is 9.21. The Hall–Kier alpha value is -2.18. The fourth-order valence-electron chi connectivity index (χ4n) is 4.64. The van der Waals surface area contributed by atoms with Crippen molar-refractivity contribution in [1.82, 2.24) is 19.8 Å². The van der Waals surface area contributed by atoms with Gasteiger partial charge in [0.15, 0.2) is 0 Å². The van der Waals surface area contributed by atoms with Crippen LogP contribution in [0.25, 0.3) is 0 Å². The van der Waals surface area contributed by atoms with Gasteiger partial charge in [-0.15, -0.1) is 0 Å². The topological polar surface area (TPSA) is 86.4 Å². The number of rotatable bonds is 4. The number of amides is 2. The first-order chi connectivity index (χ1) is 13.9. The minimum absolute atomic E-state index is 0.0139. The summed E-state index contributed by atoms with van der Waals surface area (Å²) in [6.07, 6.45) is 5.64. The van der Waals surface area contributed by atoms with Crippen molar-refractivity contribution in [3.05, 3.63) is 27.9 Å². The molecule has 4 rings (SSSR count). The van der Waals surface area contributed by atoms with Crippen LogP contribution in [0.1, 0.15) is 75.7 Å². The zero-order valence-electron chi connectivity index (χ0n) is 17.5. The van der Waals surface area contributed by atoms with Crippen LogP contribution >= 0.6 is 0 Å². The molecule has 2 aliphatic heterocycles. The minimum atomic E-state index is -0.117. The highest BCUT2D eigenvalue weighted by atomic mass is 16.2. The van der Waals surface area contributed by atoms with Gasteiger partial charge in [0.25, 0.3) is 5.56 Å². The molecule has 7 nitrogen and oxygen atoms in total. The molecule has 3 fully saturated rings. The van der Waals surface area contributed by atoms with E-state index in [0.29, 0.717) is 12.5 Å². The van der Waals surface area contributed by atoms with E-state index in [9.17, 15) is 14.4 Å². The average Bonchev–Trinajstić information content (AvgIpc) is 3.58. The third-order valence-corrected chi connectivity index (χ3v) is 6.54. The van der Waals surface area contributed by atoms with Gasteiger partial charge in [-0.1, -0.05) is 13.8 Å². The van der Waals surface area contributed by atoms with E-state index in [2.05, 4.69) is 4.98 Å². The number of carbonyl (C=O) groups is 2. The standard InChI is InChI=1S/C22H32N4O3/c1-14(2)21(28)26-9-3-4-17(13-26)18-12-19(27)24-20(23-18)15-7-10-25(11-8-15)22(29)16-5-6-16/h12,14-17H,3-11,13H2,1-2H3,(H,23,24,27)/t17-/m1/s1. The van der Waals surface area contributed by atoms with Crippen LogP contribution in [0, 0.1) is 11.8 Å². The number of nitrogens with zero attached hydrogens (tertiary/aromatic N) is 3. The summed E-state index contributed by atoms with van der Waals surface area (Å²) < 4.78 is 0. The van der Waals surface area contributed by atoms with Crippen LogP contribution in [0.3, 0.4) is 0 Å². The SMILES string of the molecule is CC(C)C(=O)N1CCC[C@@H](c2cc(=O)[nH]c(C3CCN(C(=O)C4CC4)CC3)n2)C1. The maximum Gasteiger partial charge on any atom is 0.251 e. The molecule has 1 N–H and O–H groups in total. The molecule has 3 heterocycles. The van der Waals surface area contributed by atoms with Crippen molar-refractivity contribution in [3.63, 3.8) is 0 Å². The van der Waals surface area contributed by atoms with Crippen LogP contribution in [0.15, 0.2) is 10.9 Å². The van der Waals surface area contributed by atoms with Crippen molar-refractivity contribution in [2.75, 3.05) is 26.2 Å². The summed E-state index contributed by atoms with van der Waals surface area (Å²) in [4.78, 5) is 48.7. The molecule has 0 unspecified atom stereocenters. The number of carbonyl (C=O) groups excluding carboxylic acids is 2. The number of aromatic amines is 1. The molecular formula is C22H32N4O3. The Morgan fingerprint density at radius 2 is 1.76 bits per heavy atom. The molecule has 158 valence electrons. The van der Waals surface area contributed by atoms with Crippen LogP contribution in [0.5, 0.6) is 0 Å². The maximum absolute atomic E-state index is 12.4. The summed E-state index contributed by atoms with van der Waals surface area (Å²) in [5.74, 6) is 1.77. The first-order valence-corrected chi connectivity index (χ1v) is 11.1. The van der Waals surface area contributed by atoms with E-state index in [4.69, 9.17) is 4.98 Å². The van der Waals surface area contributed by atoms with E-state index >= 15 is 0 Å². The number of H-pyrrole nitrogens is 1. The molecule has 0 bridgehead atoms. The first-order valence-electron chi connectivity index (χ1n) is 11.1. The molecule has 1 aromatic rings.